The van der Waals surface area contributed by atoms with E-state index in [4.69, 9.17) is 5.11 Å². The molecular formula is C20H19F3N4O3. The lowest BCUT2D eigenvalue weighted by molar-refractivity contribution is -0.138. The number of carboxylic acids is 1. The molecule has 2 aliphatic rings. The number of nitrogens with one attached hydrogen (secondary N) is 1. The molecule has 1 aromatic heterocycles. The minimum atomic E-state index is -4.39. The fourth-order valence-electron chi connectivity index (χ4n) is 4.60. The zero-order valence-electron chi connectivity index (χ0n) is 15.8. The molecule has 30 heavy (non-hydrogen) atoms. The van der Waals surface area contributed by atoms with Gasteiger partial charge < -0.3 is 10.0 Å². The molecule has 2 amide bonds. The molecule has 1 saturated carbocycles. The molecule has 1 unspecified atom stereocenters. The van der Waals surface area contributed by atoms with Crippen LogP contribution in [0.3, 0.4) is 0 Å². The Morgan fingerprint density at radius 1 is 1.07 bits per heavy atom. The second kappa shape index (κ2) is 7.58. The number of hydrogen-bond donors (Lipinski definition) is 2. The molecule has 0 spiro atoms. The van der Waals surface area contributed by atoms with E-state index in [1.165, 1.54) is 18.5 Å². The SMILES string of the molecule is O=C(O)c1nccnc1NC(=O)N1CC2C[C@@H](c3ccccc3C(F)(F)F)C[C@H]2C1. The predicted octanol–water partition coefficient (Wildman–Crippen LogP) is 3.85. The van der Waals surface area contributed by atoms with Gasteiger partial charge in [0.15, 0.2) is 11.5 Å². The average Bonchev–Trinajstić information content (AvgIpc) is 3.27. The molecule has 0 bridgehead atoms. The van der Waals surface area contributed by atoms with Crippen molar-refractivity contribution in [2.45, 2.75) is 24.9 Å². The molecule has 7 nitrogen and oxygen atoms in total. The lowest BCUT2D eigenvalue weighted by Gasteiger charge is -2.21. The number of alkyl halides is 3. The summed E-state index contributed by atoms with van der Waals surface area (Å²) in [5.74, 6) is -1.43. The van der Waals surface area contributed by atoms with Crippen molar-refractivity contribution in [1.82, 2.24) is 14.9 Å². The zero-order chi connectivity index (χ0) is 21.5. The summed E-state index contributed by atoms with van der Waals surface area (Å²) in [6.07, 6.45) is -0.735. The number of aromatic nitrogens is 2. The summed E-state index contributed by atoms with van der Waals surface area (Å²) in [5, 5.41) is 11.6. The van der Waals surface area contributed by atoms with Gasteiger partial charge in [-0.2, -0.15) is 13.2 Å². The van der Waals surface area contributed by atoms with E-state index in [1.807, 2.05) is 0 Å². The highest BCUT2D eigenvalue weighted by molar-refractivity contribution is 5.97. The molecule has 4 rings (SSSR count). The summed E-state index contributed by atoms with van der Waals surface area (Å²) in [6.45, 7) is 0.813. The first-order chi connectivity index (χ1) is 14.2. The number of urea groups is 1. The molecule has 1 aliphatic carbocycles. The topological polar surface area (TPSA) is 95.4 Å². The van der Waals surface area contributed by atoms with Gasteiger partial charge in [0.2, 0.25) is 0 Å². The smallest absolute Gasteiger partial charge is 0.416 e. The molecule has 2 N–H and O–H groups in total. The quantitative estimate of drug-likeness (QED) is 0.787. The molecule has 1 aliphatic heterocycles. The third-order valence-corrected chi connectivity index (χ3v) is 5.87. The van der Waals surface area contributed by atoms with Crippen molar-refractivity contribution in [1.29, 1.82) is 0 Å². The van der Waals surface area contributed by atoms with Crippen LogP contribution in [0.15, 0.2) is 36.7 Å². The van der Waals surface area contributed by atoms with E-state index in [1.54, 1.807) is 17.0 Å². The molecule has 3 atom stereocenters. The number of halogens is 3. The fourth-order valence-corrected chi connectivity index (χ4v) is 4.60. The number of nitrogens with zero attached hydrogens (tertiary/aromatic N) is 3. The van der Waals surface area contributed by atoms with Crippen molar-refractivity contribution in [3.8, 4) is 0 Å². The van der Waals surface area contributed by atoms with E-state index in [0.29, 0.717) is 31.5 Å². The number of amides is 2. The summed E-state index contributed by atoms with van der Waals surface area (Å²) in [7, 11) is 0. The van der Waals surface area contributed by atoms with Crippen LogP contribution in [0.1, 0.15) is 40.4 Å². The number of likely N-dealkylation sites (tertiary alicyclic amines) is 1. The van der Waals surface area contributed by atoms with Crippen LogP contribution in [-0.2, 0) is 6.18 Å². The second-order valence-corrected chi connectivity index (χ2v) is 7.67. The van der Waals surface area contributed by atoms with Crippen molar-refractivity contribution in [3.05, 3.63) is 53.5 Å². The molecule has 1 aromatic carbocycles. The minimum Gasteiger partial charge on any atom is -0.476 e. The van der Waals surface area contributed by atoms with Crippen LogP contribution in [0.25, 0.3) is 0 Å². The van der Waals surface area contributed by atoms with Gasteiger partial charge in [0, 0.05) is 25.5 Å². The molecule has 2 heterocycles. The van der Waals surface area contributed by atoms with Crippen molar-refractivity contribution >= 4 is 17.8 Å². The maximum atomic E-state index is 13.3. The Labute approximate surface area is 169 Å². The maximum Gasteiger partial charge on any atom is 0.416 e. The van der Waals surface area contributed by atoms with Crippen LogP contribution in [0.5, 0.6) is 0 Å². The minimum absolute atomic E-state index is 0.0999. The summed E-state index contributed by atoms with van der Waals surface area (Å²) in [6, 6.07) is 5.19. The Morgan fingerprint density at radius 2 is 1.70 bits per heavy atom. The number of anilines is 1. The Bertz CT molecular complexity index is 968. The first-order valence-electron chi connectivity index (χ1n) is 9.50. The van der Waals surface area contributed by atoms with E-state index in [9.17, 15) is 22.8 Å². The van der Waals surface area contributed by atoms with Crippen molar-refractivity contribution in [2.75, 3.05) is 18.4 Å². The van der Waals surface area contributed by atoms with Gasteiger partial charge in [0.05, 0.1) is 5.56 Å². The third kappa shape index (κ3) is 3.81. The molecule has 10 heteroatoms. The average molecular weight is 420 g/mol. The molecule has 0 radical (unpaired) electrons. The largest absolute Gasteiger partial charge is 0.476 e. The fraction of sp³-hybridized carbons (Fsp3) is 0.400. The molecular weight excluding hydrogens is 401 g/mol. The maximum absolute atomic E-state index is 13.3. The highest BCUT2D eigenvalue weighted by atomic mass is 19.4. The monoisotopic (exact) mass is 420 g/mol. The molecule has 1 saturated heterocycles. The van der Waals surface area contributed by atoms with E-state index in [0.717, 1.165) is 6.07 Å². The number of rotatable bonds is 3. The van der Waals surface area contributed by atoms with E-state index < -0.39 is 23.7 Å². The number of carbonyl (C=O) groups is 2. The standard InChI is InChI=1S/C20H19F3N4O3/c21-20(22,23)15-4-2-1-3-14(15)11-7-12-9-27(10-13(12)8-11)19(30)26-17-16(18(28)29)24-5-6-25-17/h1-6,11-13H,7-10H2,(H,28,29)(H,25,26,30)/t11-,12-,13?/m0/s1. The summed E-state index contributed by atoms with van der Waals surface area (Å²) < 4.78 is 40.0. The van der Waals surface area contributed by atoms with Gasteiger partial charge in [-0.15, -0.1) is 0 Å². The lowest BCUT2D eigenvalue weighted by atomic mass is 9.91. The second-order valence-electron chi connectivity index (χ2n) is 7.67. The molecule has 2 fully saturated rings. The number of carbonyl (C=O) groups excluding carboxylic acids is 1. The summed E-state index contributed by atoms with van der Waals surface area (Å²) >= 11 is 0. The van der Waals surface area contributed by atoms with E-state index in [2.05, 4.69) is 15.3 Å². The van der Waals surface area contributed by atoms with Crippen LogP contribution in [0.2, 0.25) is 0 Å². The van der Waals surface area contributed by atoms with Crippen LogP contribution in [0.4, 0.5) is 23.8 Å². The Hall–Kier alpha value is -3.17. The number of hydrogen-bond acceptors (Lipinski definition) is 4. The van der Waals surface area contributed by atoms with E-state index >= 15 is 0 Å². The highest BCUT2D eigenvalue weighted by Crippen LogP contribution is 2.48. The Balaban J connectivity index is 1.42. The van der Waals surface area contributed by atoms with Gasteiger partial charge in [0.25, 0.3) is 0 Å². The van der Waals surface area contributed by atoms with Gasteiger partial charge in [-0.1, -0.05) is 18.2 Å². The number of fused-ring (bicyclic) bond motifs is 1. The van der Waals surface area contributed by atoms with E-state index in [-0.39, 0.29) is 29.3 Å². The number of aromatic carboxylic acids is 1. The van der Waals surface area contributed by atoms with Gasteiger partial charge >= 0.3 is 18.2 Å². The summed E-state index contributed by atoms with van der Waals surface area (Å²) in [5.41, 5.74) is -0.622. The molecule has 2 aromatic rings. The molecule has 158 valence electrons. The predicted molar refractivity (Wildman–Crippen MR) is 100.0 cm³/mol. The van der Waals surface area contributed by atoms with Crippen LogP contribution < -0.4 is 5.32 Å². The van der Waals surface area contributed by atoms with Crippen LogP contribution >= 0.6 is 0 Å². The van der Waals surface area contributed by atoms with Gasteiger partial charge in [-0.3, -0.25) is 5.32 Å². The van der Waals surface area contributed by atoms with Crippen molar-refractivity contribution in [3.63, 3.8) is 0 Å². The normalized spacial score (nSPS) is 23.3. The van der Waals surface area contributed by atoms with Crippen LogP contribution in [0, 0.1) is 11.8 Å². The number of benzene rings is 1. The van der Waals surface area contributed by atoms with Gasteiger partial charge in [-0.05, 0) is 42.2 Å². The first-order valence-corrected chi connectivity index (χ1v) is 9.50. The van der Waals surface area contributed by atoms with Gasteiger partial charge in [0.1, 0.15) is 0 Å². The number of carboxylic acid groups (broad SMARTS) is 1. The lowest BCUT2D eigenvalue weighted by Crippen LogP contribution is -2.34. The zero-order valence-corrected chi connectivity index (χ0v) is 15.8. The Kier molecular flexibility index (Phi) is 5.08. The van der Waals surface area contributed by atoms with Crippen molar-refractivity contribution in [2.24, 2.45) is 11.8 Å². The summed E-state index contributed by atoms with van der Waals surface area (Å²) in [4.78, 5) is 32.9. The Morgan fingerprint density at radius 3 is 2.33 bits per heavy atom. The van der Waals surface area contributed by atoms with Gasteiger partial charge in [-0.25, -0.2) is 19.6 Å². The first kappa shape index (κ1) is 20.1. The third-order valence-electron chi connectivity index (χ3n) is 5.87. The highest BCUT2D eigenvalue weighted by Gasteiger charge is 2.45. The van der Waals surface area contributed by atoms with Crippen LogP contribution in [-0.4, -0.2) is 45.1 Å². The van der Waals surface area contributed by atoms with Crippen molar-refractivity contribution < 1.29 is 27.9 Å².